The molecule has 0 aromatic rings. The Bertz CT molecular complexity index is 213. The molecule has 0 aromatic carbocycles. The van der Waals surface area contributed by atoms with E-state index in [1.807, 2.05) is 26.0 Å². The summed E-state index contributed by atoms with van der Waals surface area (Å²) in [6, 6.07) is 0. The lowest BCUT2D eigenvalue weighted by Crippen LogP contribution is -2.16. The van der Waals surface area contributed by atoms with Gasteiger partial charge in [-0.25, -0.2) is 0 Å². The Kier molecular flexibility index (Phi) is 1.90. The van der Waals surface area contributed by atoms with E-state index in [1.54, 1.807) is 0 Å². The minimum absolute atomic E-state index is 0.0515. The number of hydrogen-bond acceptors (Lipinski definition) is 1. The summed E-state index contributed by atoms with van der Waals surface area (Å²) >= 11 is 0. The molecule has 0 saturated heterocycles. The van der Waals surface area contributed by atoms with Crippen LogP contribution in [0.4, 0.5) is 0 Å². The number of amides is 1. The van der Waals surface area contributed by atoms with Crippen molar-refractivity contribution in [1.82, 2.24) is 5.32 Å². The molecule has 2 heteroatoms. The zero-order valence-electron chi connectivity index (χ0n) is 6.27. The van der Waals surface area contributed by atoms with Crippen LogP contribution in [0.3, 0.4) is 0 Å². The van der Waals surface area contributed by atoms with Crippen molar-refractivity contribution in [2.24, 2.45) is 0 Å². The molecule has 0 atom stereocenters. The van der Waals surface area contributed by atoms with Gasteiger partial charge in [0.25, 0.3) is 5.91 Å². The molecule has 2 nitrogen and oxygen atoms in total. The highest BCUT2D eigenvalue weighted by Crippen LogP contribution is 2.10. The fraction of sp³-hybridized carbons (Fsp3) is 0.375. The second-order valence-electron chi connectivity index (χ2n) is 2.38. The maximum absolute atomic E-state index is 11.0. The predicted molar refractivity (Wildman–Crippen MR) is 40.5 cm³/mol. The van der Waals surface area contributed by atoms with Crippen LogP contribution in [-0.4, -0.2) is 12.5 Å². The average Bonchev–Trinajstić information content (AvgIpc) is 2.20. The van der Waals surface area contributed by atoms with Crippen molar-refractivity contribution in [3.05, 3.63) is 23.3 Å². The van der Waals surface area contributed by atoms with Crippen molar-refractivity contribution < 1.29 is 4.79 Å². The number of rotatable bonds is 1. The highest BCUT2D eigenvalue weighted by molar-refractivity contribution is 5.99. The fourth-order valence-corrected chi connectivity index (χ4v) is 0.982. The van der Waals surface area contributed by atoms with Crippen LogP contribution in [0.15, 0.2) is 23.3 Å². The zero-order valence-corrected chi connectivity index (χ0v) is 6.27. The van der Waals surface area contributed by atoms with Crippen molar-refractivity contribution >= 4 is 5.91 Å². The van der Waals surface area contributed by atoms with E-state index in [0.29, 0.717) is 6.54 Å². The lowest BCUT2D eigenvalue weighted by molar-refractivity contribution is -0.116. The first-order valence-electron chi connectivity index (χ1n) is 3.36. The van der Waals surface area contributed by atoms with Crippen LogP contribution in [0.5, 0.6) is 0 Å². The summed E-state index contributed by atoms with van der Waals surface area (Å²) in [4.78, 5) is 11.0. The molecule has 0 bridgehead atoms. The standard InChI is InChI=1S/C8H11NO/c1-3-4-7-6(2)5-9-8(7)10/h3-4H,5H2,1-2H3,(H,9,10)/b4-3-. The molecule has 10 heavy (non-hydrogen) atoms. The van der Waals surface area contributed by atoms with E-state index in [4.69, 9.17) is 0 Å². The largest absolute Gasteiger partial charge is 0.348 e. The minimum atomic E-state index is 0.0515. The number of hydrogen-bond donors (Lipinski definition) is 1. The Labute approximate surface area is 60.6 Å². The molecule has 0 fully saturated rings. The van der Waals surface area contributed by atoms with E-state index in [9.17, 15) is 4.79 Å². The van der Waals surface area contributed by atoms with Gasteiger partial charge in [0.15, 0.2) is 0 Å². The first kappa shape index (κ1) is 7.06. The van der Waals surface area contributed by atoms with Gasteiger partial charge in [-0.15, -0.1) is 0 Å². The zero-order chi connectivity index (χ0) is 7.56. The fourth-order valence-electron chi connectivity index (χ4n) is 0.982. The maximum Gasteiger partial charge on any atom is 0.251 e. The molecule has 0 aliphatic carbocycles. The molecule has 0 saturated carbocycles. The van der Waals surface area contributed by atoms with Gasteiger partial charge in [-0.2, -0.15) is 0 Å². The van der Waals surface area contributed by atoms with Crippen LogP contribution in [-0.2, 0) is 4.79 Å². The SMILES string of the molecule is C/C=C\C1=C(C)CNC1=O. The van der Waals surface area contributed by atoms with Crippen LogP contribution in [0, 0.1) is 0 Å². The molecule has 1 aliphatic heterocycles. The van der Waals surface area contributed by atoms with Gasteiger partial charge < -0.3 is 5.32 Å². The monoisotopic (exact) mass is 137 g/mol. The molecular formula is C8H11NO. The summed E-state index contributed by atoms with van der Waals surface area (Å²) in [6.07, 6.45) is 3.72. The topological polar surface area (TPSA) is 29.1 Å². The summed E-state index contributed by atoms with van der Waals surface area (Å²) in [5.41, 5.74) is 1.95. The molecule has 1 rings (SSSR count). The minimum Gasteiger partial charge on any atom is -0.348 e. The van der Waals surface area contributed by atoms with Gasteiger partial charge >= 0.3 is 0 Å². The third-order valence-corrected chi connectivity index (χ3v) is 1.55. The first-order valence-corrected chi connectivity index (χ1v) is 3.36. The third kappa shape index (κ3) is 1.10. The molecule has 1 heterocycles. The molecule has 1 N–H and O–H groups in total. The van der Waals surface area contributed by atoms with Gasteiger partial charge in [-0.3, -0.25) is 4.79 Å². The van der Waals surface area contributed by atoms with Crippen LogP contribution >= 0.6 is 0 Å². The Balaban J connectivity index is 2.88. The van der Waals surface area contributed by atoms with E-state index in [1.165, 1.54) is 0 Å². The van der Waals surface area contributed by atoms with Crippen LogP contribution < -0.4 is 5.32 Å². The van der Waals surface area contributed by atoms with Crippen LogP contribution in [0.25, 0.3) is 0 Å². The Morgan fingerprint density at radius 3 is 2.70 bits per heavy atom. The third-order valence-electron chi connectivity index (χ3n) is 1.55. The van der Waals surface area contributed by atoms with Crippen LogP contribution in [0.2, 0.25) is 0 Å². The van der Waals surface area contributed by atoms with E-state index in [2.05, 4.69) is 5.32 Å². The summed E-state index contributed by atoms with van der Waals surface area (Å²) in [5.74, 6) is 0.0515. The molecule has 0 radical (unpaired) electrons. The Morgan fingerprint density at radius 1 is 1.60 bits per heavy atom. The van der Waals surface area contributed by atoms with E-state index >= 15 is 0 Å². The summed E-state index contributed by atoms with van der Waals surface area (Å²) < 4.78 is 0. The lowest BCUT2D eigenvalue weighted by atomic mass is 10.1. The molecule has 54 valence electrons. The second kappa shape index (κ2) is 2.69. The van der Waals surface area contributed by atoms with Crippen molar-refractivity contribution in [3.8, 4) is 0 Å². The predicted octanol–water partition coefficient (Wildman–Crippen LogP) is 1.01. The quantitative estimate of drug-likeness (QED) is 0.574. The molecule has 0 aromatic heterocycles. The van der Waals surface area contributed by atoms with E-state index < -0.39 is 0 Å². The number of allylic oxidation sites excluding steroid dienone is 1. The van der Waals surface area contributed by atoms with Crippen molar-refractivity contribution in [2.45, 2.75) is 13.8 Å². The molecule has 1 aliphatic rings. The maximum atomic E-state index is 11.0. The van der Waals surface area contributed by atoms with Crippen molar-refractivity contribution in [1.29, 1.82) is 0 Å². The van der Waals surface area contributed by atoms with Gasteiger partial charge in [-0.1, -0.05) is 12.2 Å². The first-order chi connectivity index (χ1) is 4.75. The molecule has 1 amide bonds. The van der Waals surface area contributed by atoms with Gasteiger partial charge in [0.2, 0.25) is 0 Å². The highest BCUT2D eigenvalue weighted by atomic mass is 16.1. The average molecular weight is 137 g/mol. The van der Waals surface area contributed by atoms with Crippen molar-refractivity contribution in [3.63, 3.8) is 0 Å². The number of carbonyl (C=O) groups excluding carboxylic acids is 1. The van der Waals surface area contributed by atoms with Crippen molar-refractivity contribution in [2.75, 3.05) is 6.54 Å². The summed E-state index contributed by atoms with van der Waals surface area (Å²) in [6.45, 7) is 4.58. The van der Waals surface area contributed by atoms with Crippen LogP contribution in [0.1, 0.15) is 13.8 Å². The summed E-state index contributed by atoms with van der Waals surface area (Å²) in [5, 5.41) is 2.74. The molecule has 0 unspecified atom stereocenters. The summed E-state index contributed by atoms with van der Waals surface area (Å²) in [7, 11) is 0. The molecule has 0 spiro atoms. The molecular weight excluding hydrogens is 126 g/mol. The second-order valence-corrected chi connectivity index (χ2v) is 2.38. The van der Waals surface area contributed by atoms with Gasteiger partial charge in [-0.05, 0) is 19.4 Å². The Hall–Kier alpha value is -1.05. The highest BCUT2D eigenvalue weighted by Gasteiger charge is 2.15. The smallest absolute Gasteiger partial charge is 0.251 e. The van der Waals surface area contributed by atoms with Gasteiger partial charge in [0.05, 0.1) is 0 Å². The number of carbonyl (C=O) groups is 1. The number of nitrogens with one attached hydrogen (secondary N) is 1. The van der Waals surface area contributed by atoms with E-state index in [0.717, 1.165) is 11.1 Å². The Morgan fingerprint density at radius 2 is 2.30 bits per heavy atom. The lowest BCUT2D eigenvalue weighted by Gasteiger charge is -1.89. The normalized spacial score (nSPS) is 18.8. The van der Waals surface area contributed by atoms with Gasteiger partial charge in [0, 0.05) is 12.1 Å². The van der Waals surface area contributed by atoms with Gasteiger partial charge in [0.1, 0.15) is 0 Å². The van der Waals surface area contributed by atoms with E-state index in [-0.39, 0.29) is 5.91 Å².